The third kappa shape index (κ3) is 4.06. The molecule has 8 heteroatoms. The van der Waals surface area contributed by atoms with Gasteiger partial charge in [0.15, 0.2) is 0 Å². The molecule has 1 N–H and O–H groups in total. The fourth-order valence-corrected chi connectivity index (χ4v) is 4.76. The molecule has 1 fully saturated rings. The molecule has 4 rings (SSSR count). The van der Waals surface area contributed by atoms with Crippen LogP contribution in [0.15, 0.2) is 53.2 Å². The summed E-state index contributed by atoms with van der Waals surface area (Å²) in [5.74, 6) is -0.0492. The van der Waals surface area contributed by atoms with Crippen molar-refractivity contribution >= 4 is 57.5 Å². The van der Waals surface area contributed by atoms with Crippen LogP contribution in [-0.4, -0.2) is 42.9 Å². The second-order valence-corrected chi connectivity index (χ2v) is 8.66. The predicted octanol–water partition coefficient (Wildman–Crippen LogP) is 4.68. The molecule has 1 aliphatic heterocycles. The number of benzene rings is 1. The fraction of sp³-hybridized carbons (Fsp3) is 0.200. The topological polar surface area (TPSA) is 52.7 Å². The normalized spacial score (nSPS) is 14.2. The molecule has 0 unspecified atom stereocenters. The maximum absolute atomic E-state index is 12.5. The minimum atomic E-state index is -0.139. The Hall–Kier alpha value is -2.35. The van der Waals surface area contributed by atoms with E-state index in [0.29, 0.717) is 28.7 Å². The van der Waals surface area contributed by atoms with Crippen LogP contribution in [0.4, 0.5) is 11.4 Å². The van der Waals surface area contributed by atoms with E-state index in [1.165, 1.54) is 22.7 Å². The van der Waals surface area contributed by atoms with E-state index in [0.717, 1.165) is 23.7 Å². The molecule has 3 aromatic rings. The van der Waals surface area contributed by atoms with Crippen molar-refractivity contribution in [3.05, 3.63) is 68.0 Å². The summed E-state index contributed by atoms with van der Waals surface area (Å²) in [5, 5.41) is 7.24. The van der Waals surface area contributed by atoms with Gasteiger partial charge in [0.05, 0.1) is 20.5 Å². The quantitative estimate of drug-likeness (QED) is 0.652. The van der Waals surface area contributed by atoms with Crippen molar-refractivity contribution < 1.29 is 9.59 Å². The molecule has 0 bridgehead atoms. The van der Waals surface area contributed by atoms with Gasteiger partial charge in [0.25, 0.3) is 11.8 Å². The summed E-state index contributed by atoms with van der Waals surface area (Å²) >= 11 is 9.35. The number of piperazine rings is 1. The highest BCUT2D eigenvalue weighted by Gasteiger charge is 2.24. The average Bonchev–Trinajstić information content (AvgIpc) is 3.42. The van der Waals surface area contributed by atoms with E-state index in [4.69, 9.17) is 11.6 Å². The van der Waals surface area contributed by atoms with Crippen LogP contribution in [0.5, 0.6) is 0 Å². The third-order valence-corrected chi connectivity index (χ3v) is 6.62. The number of rotatable bonds is 4. The molecule has 0 radical (unpaired) electrons. The maximum atomic E-state index is 12.5. The summed E-state index contributed by atoms with van der Waals surface area (Å²) in [6, 6.07) is 12.9. The summed E-state index contributed by atoms with van der Waals surface area (Å²) in [6.07, 6.45) is 0. The molecule has 0 spiro atoms. The summed E-state index contributed by atoms with van der Waals surface area (Å²) in [7, 11) is 0. The standard InChI is InChI=1S/C20H18ClN3O2S2/c21-15-13-14(22-19(25)17-3-1-11-27-17)5-6-16(15)23-7-9-24(10-8-23)20(26)18-4-2-12-28-18/h1-6,11-13H,7-10H2,(H,22,25). The van der Waals surface area contributed by atoms with Gasteiger partial charge < -0.3 is 15.1 Å². The zero-order chi connectivity index (χ0) is 19.5. The molecule has 28 heavy (non-hydrogen) atoms. The zero-order valence-electron chi connectivity index (χ0n) is 14.9. The van der Waals surface area contributed by atoms with Crippen molar-refractivity contribution in [3.8, 4) is 0 Å². The van der Waals surface area contributed by atoms with Crippen LogP contribution >= 0.6 is 34.3 Å². The van der Waals surface area contributed by atoms with E-state index in [1.807, 2.05) is 46.0 Å². The van der Waals surface area contributed by atoms with E-state index in [-0.39, 0.29) is 11.8 Å². The molecular formula is C20H18ClN3O2S2. The van der Waals surface area contributed by atoms with Gasteiger partial charge >= 0.3 is 0 Å². The lowest BCUT2D eigenvalue weighted by Crippen LogP contribution is -2.48. The number of carbonyl (C=O) groups excluding carboxylic acids is 2. The van der Waals surface area contributed by atoms with Crippen LogP contribution in [0, 0.1) is 0 Å². The van der Waals surface area contributed by atoms with Crippen LogP contribution < -0.4 is 10.2 Å². The first kappa shape index (κ1) is 19.0. The number of nitrogens with one attached hydrogen (secondary N) is 1. The van der Waals surface area contributed by atoms with Crippen molar-refractivity contribution in [3.63, 3.8) is 0 Å². The van der Waals surface area contributed by atoms with Crippen molar-refractivity contribution in [1.82, 2.24) is 4.90 Å². The Balaban J connectivity index is 1.39. The first-order valence-electron chi connectivity index (χ1n) is 8.84. The van der Waals surface area contributed by atoms with Gasteiger partial charge in [0.2, 0.25) is 0 Å². The highest BCUT2D eigenvalue weighted by molar-refractivity contribution is 7.12. The number of hydrogen-bond donors (Lipinski definition) is 1. The van der Waals surface area contributed by atoms with E-state index in [1.54, 1.807) is 12.1 Å². The van der Waals surface area contributed by atoms with Crippen molar-refractivity contribution in [2.45, 2.75) is 0 Å². The van der Waals surface area contributed by atoms with Crippen LogP contribution in [-0.2, 0) is 0 Å². The summed E-state index contributed by atoms with van der Waals surface area (Å²) in [4.78, 5) is 30.1. The van der Waals surface area contributed by atoms with Crippen molar-refractivity contribution in [2.75, 3.05) is 36.4 Å². The molecule has 5 nitrogen and oxygen atoms in total. The zero-order valence-corrected chi connectivity index (χ0v) is 17.3. The molecule has 3 heterocycles. The molecule has 1 saturated heterocycles. The van der Waals surface area contributed by atoms with Crippen LogP contribution in [0.25, 0.3) is 0 Å². The molecule has 0 aliphatic carbocycles. The number of carbonyl (C=O) groups is 2. The number of halogens is 1. The first-order chi connectivity index (χ1) is 13.6. The summed E-state index contributed by atoms with van der Waals surface area (Å²) in [6.45, 7) is 2.75. The SMILES string of the molecule is O=C(Nc1ccc(N2CCN(C(=O)c3cccs3)CC2)c(Cl)c1)c1cccs1. The largest absolute Gasteiger partial charge is 0.367 e. The fourth-order valence-electron chi connectivity index (χ4n) is 3.15. The maximum Gasteiger partial charge on any atom is 0.265 e. The van der Waals surface area contributed by atoms with E-state index in [9.17, 15) is 9.59 Å². The van der Waals surface area contributed by atoms with Gasteiger partial charge in [-0.1, -0.05) is 23.7 Å². The smallest absolute Gasteiger partial charge is 0.265 e. The Bertz CT molecular complexity index is 966. The third-order valence-electron chi connectivity index (χ3n) is 4.59. The lowest BCUT2D eigenvalue weighted by molar-refractivity contribution is 0.0751. The number of nitrogens with zero attached hydrogens (tertiary/aromatic N) is 2. The number of amides is 2. The Labute approximate surface area is 176 Å². The molecule has 2 aromatic heterocycles. The highest BCUT2D eigenvalue weighted by atomic mass is 35.5. The average molecular weight is 432 g/mol. The minimum absolute atomic E-state index is 0.0902. The summed E-state index contributed by atoms with van der Waals surface area (Å²) in [5.41, 5.74) is 1.58. The molecule has 0 saturated carbocycles. The first-order valence-corrected chi connectivity index (χ1v) is 11.0. The van der Waals surface area contributed by atoms with E-state index < -0.39 is 0 Å². The Morgan fingerprint density at radius 1 is 0.929 bits per heavy atom. The van der Waals surface area contributed by atoms with Crippen LogP contribution in [0.2, 0.25) is 5.02 Å². The van der Waals surface area contributed by atoms with Gasteiger partial charge in [-0.2, -0.15) is 0 Å². The van der Waals surface area contributed by atoms with Gasteiger partial charge in [-0.3, -0.25) is 9.59 Å². The highest BCUT2D eigenvalue weighted by Crippen LogP contribution is 2.30. The lowest BCUT2D eigenvalue weighted by Gasteiger charge is -2.36. The molecule has 1 aliphatic rings. The minimum Gasteiger partial charge on any atom is -0.367 e. The number of anilines is 2. The second-order valence-electron chi connectivity index (χ2n) is 6.35. The van der Waals surface area contributed by atoms with Gasteiger partial charge in [-0.15, -0.1) is 22.7 Å². The van der Waals surface area contributed by atoms with Crippen LogP contribution in [0.3, 0.4) is 0 Å². The monoisotopic (exact) mass is 431 g/mol. The van der Waals surface area contributed by atoms with Crippen molar-refractivity contribution in [2.24, 2.45) is 0 Å². The van der Waals surface area contributed by atoms with Crippen molar-refractivity contribution in [1.29, 1.82) is 0 Å². The molecular weight excluding hydrogens is 414 g/mol. The lowest BCUT2D eigenvalue weighted by atomic mass is 10.2. The number of hydrogen-bond acceptors (Lipinski definition) is 5. The Morgan fingerprint density at radius 2 is 1.61 bits per heavy atom. The Kier molecular flexibility index (Phi) is 5.66. The number of thiophene rings is 2. The predicted molar refractivity (Wildman–Crippen MR) is 116 cm³/mol. The van der Waals surface area contributed by atoms with Crippen LogP contribution in [0.1, 0.15) is 19.3 Å². The second kappa shape index (κ2) is 8.34. The van der Waals surface area contributed by atoms with E-state index in [2.05, 4.69) is 10.2 Å². The molecule has 0 atom stereocenters. The molecule has 2 amide bonds. The molecule has 144 valence electrons. The van der Waals surface area contributed by atoms with Gasteiger partial charge in [0, 0.05) is 31.9 Å². The molecule has 1 aromatic carbocycles. The van der Waals surface area contributed by atoms with Gasteiger partial charge in [-0.25, -0.2) is 0 Å². The van der Waals surface area contributed by atoms with Gasteiger partial charge in [0.1, 0.15) is 0 Å². The Morgan fingerprint density at radius 3 is 2.21 bits per heavy atom. The van der Waals surface area contributed by atoms with Gasteiger partial charge in [-0.05, 0) is 41.1 Å². The summed E-state index contributed by atoms with van der Waals surface area (Å²) < 4.78 is 0. The van der Waals surface area contributed by atoms with E-state index >= 15 is 0 Å².